The molecule has 1 aliphatic rings. The van der Waals surface area contributed by atoms with Crippen molar-refractivity contribution in [1.82, 2.24) is 5.32 Å². The van der Waals surface area contributed by atoms with E-state index >= 15 is 0 Å². The number of nitrogens with zero attached hydrogens (tertiary/aromatic N) is 1. The highest BCUT2D eigenvalue weighted by Gasteiger charge is 2.08. The Kier molecular flexibility index (Phi) is 2.10. The third kappa shape index (κ3) is 1.60. The van der Waals surface area contributed by atoms with Gasteiger partial charge >= 0.3 is 0 Å². The Hall–Kier alpha value is -1.22. The molecule has 0 unspecified atom stereocenters. The molecule has 3 N–H and O–H groups in total. The molecule has 1 aromatic carbocycles. The molecule has 2 rings (SSSR count). The second-order valence-corrected chi connectivity index (χ2v) is 3.30. The van der Waals surface area contributed by atoms with Gasteiger partial charge < -0.3 is 11.1 Å². The van der Waals surface area contributed by atoms with Crippen LogP contribution >= 0.6 is 11.6 Å². The van der Waals surface area contributed by atoms with Crippen LogP contribution in [0.1, 0.15) is 5.56 Å². The Bertz CT molecular complexity index is 360. The number of hydrogen-bond donors (Lipinski definition) is 2. The maximum Gasteiger partial charge on any atom is 0.128 e. The molecule has 0 aromatic heterocycles. The molecule has 0 radical (unpaired) electrons. The summed E-state index contributed by atoms with van der Waals surface area (Å²) in [6.07, 6.45) is 0. The maximum atomic E-state index is 5.80. The van der Waals surface area contributed by atoms with Gasteiger partial charge in [-0.25, -0.2) is 0 Å². The highest BCUT2D eigenvalue weighted by atomic mass is 35.5. The van der Waals surface area contributed by atoms with E-state index in [9.17, 15) is 0 Å². The Morgan fingerprint density at radius 1 is 1.46 bits per heavy atom. The Morgan fingerprint density at radius 3 is 2.92 bits per heavy atom. The van der Waals surface area contributed by atoms with Crippen molar-refractivity contribution < 1.29 is 0 Å². The lowest BCUT2D eigenvalue weighted by molar-refractivity contribution is 0.960. The molecule has 4 heteroatoms. The number of anilines is 1. The highest BCUT2D eigenvalue weighted by Crippen LogP contribution is 2.19. The van der Waals surface area contributed by atoms with E-state index in [0.717, 1.165) is 24.5 Å². The topological polar surface area (TPSA) is 50.4 Å². The van der Waals surface area contributed by atoms with Gasteiger partial charge in [0.1, 0.15) is 5.84 Å². The minimum atomic E-state index is 0.586. The van der Waals surface area contributed by atoms with Gasteiger partial charge in [0, 0.05) is 12.1 Å². The summed E-state index contributed by atoms with van der Waals surface area (Å²) in [5.74, 6) is 0.906. The second-order valence-electron chi connectivity index (χ2n) is 2.89. The number of amidine groups is 1. The minimum absolute atomic E-state index is 0.586. The van der Waals surface area contributed by atoms with Gasteiger partial charge in [0.05, 0.1) is 17.3 Å². The molecule has 68 valence electrons. The minimum Gasteiger partial charge on any atom is -0.398 e. The molecule has 0 bridgehead atoms. The van der Waals surface area contributed by atoms with Crippen LogP contribution < -0.4 is 11.1 Å². The van der Waals surface area contributed by atoms with Crippen LogP contribution in [0.4, 0.5) is 5.69 Å². The van der Waals surface area contributed by atoms with Crippen molar-refractivity contribution in [1.29, 1.82) is 0 Å². The Balaban J connectivity index is 2.36. The van der Waals surface area contributed by atoms with Crippen LogP contribution in [-0.4, -0.2) is 18.9 Å². The van der Waals surface area contributed by atoms with Crippen molar-refractivity contribution in [2.45, 2.75) is 0 Å². The van der Waals surface area contributed by atoms with E-state index in [1.807, 2.05) is 12.1 Å². The first-order valence-electron chi connectivity index (χ1n) is 4.11. The van der Waals surface area contributed by atoms with Crippen molar-refractivity contribution in [3.63, 3.8) is 0 Å². The highest BCUT2D eigenvalue weighted by molar-refractivity contribution is 6.33. The summed E-state index contributed by atoms with van der Waals surface area (Å²) in [7, 11) is 0. The zero-order valence-corrected chi connectivity index (χ0v) is 7.80. The quantitative estimate of drug-likeness (QED) is 0.664. The van der Waals surface area contributed by atoms with Crippen LogP contribution in [0, 0.1) is 0 Å². The van der Waals surface area contributed by atoms with Crippen LogP contribution in [0.2, 0.25) is 5.02 Å². The predicted octanol–water partition coefficient (Wildman–Crippen LogP) is 1.27. The molecule has 1 aliphatic heterocycles. The van der Waals surface area contributed by atoms with E-state index in [0.29, 0.717) is 10.7 Å². The summed E-state index contributed by atoms with van der Waals surface area (Å²) in [5, 5.41) is 3.76. The molecular formula is C9H10ClN3. The van der Waals surface area contributed by atoms with Gasteiger partial charge in [-0.2, -0.15) is 0 Å². The fourth-order valence-electron chi connectivity index (χ4n) is 1.28. The smallest absolute Gasteiger partial charge is 0.128 e. The van der Waals surface area contributed by atoms with E-state index in [1.54, 1.807) is 6.07 Å². The monoisotopic (exact) mass is 195 g/mol. The van der Waals surface area contributed by atoms with Gasteiger partial charge in [0.2, 0.25) is 0 Å². The maximum absolute atomic E-state index is 5.80. The molecule has 13 heavy (non-hydrogen) atoms. The van der Waals surface area contributed by atoms with Crippen LogP contribution in [0.25, 0.3) is 0 Å². The third-order valence-corrected chi connectivity index (χ3v) is 2.29. The summed E-state index contributed by atoms with van der Waals surface area (Å²) in [5.41, 5.74) is 7.27. The summed E-state index contributed by atoms with van der Waals surface area (Å²) < 4.78 is 0. The number of rotatable bonds is 1. The molecule has 0 saturated carbocycles. The number of aliphatic imine (C=N–C) groups is 1. The van der Waals surface area contributed by atoms with Gasteiger partial charge in [0.25, 0.3) is 0 Å². The lowest BCUT2D eigenvalue weighted by Gasteiger charge is -2.04. The van der Waals surface area contributed by atoms with Crippen LogP contribution in [0.3, 0.4) is 0 Å². The van der Waals surface area contributed by atoms with Crippen LogP contribution in [-0.2, 0) is 0 Å². The Labute approximate surface area is 81.6 Å². The zero-order chi connectivity index (χ0) is 9.26. The van der Waals surface area contributed by atoms with E-state index in [2.05, 4.69) is 10.3 Å². The first-order chi connectivity index (χ1) is 6.27. The van der Waals surface area contributed by atoms with Gasteiger partial charge in [-0.1, -0.05) is 11.6 Å². The zero-order valence-electron chi connectivity index (χ0n) is 7.05. The third-order valence-electron chi connectivity index (χ3n) is 1.94. The number of benzene rings is 1. The average Bonchev–Trinajstić information content (AvgIpc) is 2.62. The molecule has 0 saturated heterocycles. The molecule has 0 atom stereocenters. The number of nitrogens with one attached hydrogen (secondary N) is 1. The van der Waals surface area contributed by atoms with Crippen molar-refractivity contribution in [2.24, 2.45) is 4.99 Å². The lowest BCUT2D eigenvalue weighted by Crippen LogP contribution is -2.19. The summed E-state index contributed by atoms with van der Waals surface area (Å²) in [6.45, 7) is 1.73. The van der Waals surface area contributed by atoms with E-state index < -0.39 is 0 Å². The molecule has 0 spiro atoms. The van der Waals surface area contributed by atoms with Gasteiger partial charge in [0.15, 0.2) is 0 Å². The Morgan fingerprint density at radius 2 is 2.31 bits per heavy atom. The van der Waals surface area contributed by atoms with E-state index in [1.165, 1.54) is 0 Å². The number of nitrogens with two attached hydrogens (primary N) is 1. The molecule has 1 heterocycles. The van der Waals surface area contributed by atoms with Crippen molar-refractivity contribution >= 4 is 23.1 Å². The average molecular weight is 196 g/mol. The van der Waals surface area contributed by atoms with Crippen molar-refractivity contribution in [3.8, 4) is 0 Å². The van der Waals surface area contributed by atoms with Gasteiger partial charge in [-0.15, -0.1) is 0 Å². The summed E-state index contributed by atoms with van der Waals surface area (Å²) >= 11 is 5.80. The largest absolute Gasteiger partial charge is 0.398 e. The fraction of sp³-hybridized carbons (Fsp3) is 0.222. The van der Waals surface area contributed by atoms with Crippen molar-refractivity contribution in [3.05, 3.63) is 28.8 Å². The fourth-order valence-corrected chi connectivity index (χ4v) is 1.40. The lowest BCUT2D eigenvalue weighted by atomic mass is 10.2. The first kappa shape index (κ1) is 8.38. The molecule has 0 amide bonds. The molecule has 0 aliphatic carbocycles. The van der Waals surface area contributed by atoms with E-state index in [4.69, 9.17) is 17.3 Å². The summed E-state index contributed by atoms with van der Waals surface area (Å²) in [6, 6.07) is 5.53. The molecular weight excluding hydrogens is 186 g/mol. The number of hydrogen-bond acceptors (Lipinski definition) is 3. The normalized spacial score (nSPS) is 15.3. The number of halogens is 1. The van der Waals surface area contributed by atoms with Crippen LogP contribution in [0.5, 0.6) is 0 Å². The van der Waals surface area contributed by atoms with E-state index in [-0.39, 0.29) is 0 Å². The molecule has 1 aromatic rings. The van der Waals surface area contributed by atoms with Gasteiger partial charge in [-0.05, 0) is 18.2 Å². The molecule has 0 fully saturated rings. The molecule has 3 nitrogen and oxygen atoms in total. The standard InChI is InChI=1S/C9H10ClN3/c10-7-2-1-6(5-8(7)11)9-12-3-4-13-9/h1-2,5H,3-4,11H2,(H,12,13). The van der Waals surface area contributed by atoms with Crippen molar-refractivity contribution in [2.75, 3.05) is 18.8 Å². The first-order valence-corrected chi connectivity index (χ1v) is 4.49. The SMILES string of the molecule is Nc1cc(C2=NCCN2)ccc1Cl. The van der Waals surface area contributed by atoms with Gasteiger partial charge in [-0.3, -0.25) is 4.99 Å². The second kappa shape index (κ2) is 3.26. The predicted molar refractivity (Wildman–Crippen MR) is 55.3 cm³/mol. The van der Waals surface area contributed by atoms with Crippen LogP contribution in [0.15, 0.2) is 23.2 Å². The number of nitrogen functional groups attached to an aromatic ring is 1. The summed E-state index contributed by atoms with van der Waals surface area (Å²) in [4.78, 5) is 4.28.